The van der Waals surface area contributed by atoms with E-state index in [2.05, 4.69) is 10.3 Å². The van der Waals surface area contributed by atoms with Crippen LogP contribution >= 0.6 is 11.6 Å². The van der Waals surface area contributed by atoms with Crippen LogP contribution in [0.1, 0.15) is 0 Å². The largest absolute Gasteiger partial charge is 0.344 e. The van der Waals surface area contributed by atoms with E-state index in [0.29, 0.717) is 5.69 Å². The average molecular weight is 286 g/mol. The standard InChI is InChI=1S/C12H17ClN4O2/c1-16(2)11(19)8-17(3)7-10(18)15-9-5-4-6-14-12(9)13/h4-6H,7-8H2,1-3H3,(H,15,18)/p+1. The van der Waals surface area contributed by atoms with Gasteiger partial charge in [0.25, 0.3) is 11.8 Å². The number of likely N-dealkylation sites (N-methyl/N-ethyl adjacent to an activating group) is 2. The molecule has 19 heavy (non-hydrogen) atoms. The molecule has 0 saturated heterocycles. The number of rotatable bonds is 5. The zero-order valence-electron chi connectivity index (χ0n) is 11.2. The first-order chi connectivity index (χ1) is 8.90. The van der Waals surface area contributed by atoms with Gasteiger partial charge in [0.1, 0.15) is 0 Å². The molecule has 1 atom stereocenters. The van der Waals surface area contributed by atoms with Crippen molar-refractivity contribution >= 4 is 29.1 Å². The molecule has 0 aromatic carbocycles. The Morgan fingerprint density at radius 2 is 2.11 bits per heavy atom. The van der Waals surface area contributed by atoms with Crippen molar-refractivity contribution in [2.24, 2.45) is 0 Å². The summed E-state index contributed by atoms with van der Waals surface area (Å²) in [5.74, 6) is -0.233. The molecule has 2 amide bonds. The maximum Gasteiger partial charge on any atom is 0.279 e. The highest BCUT2D eigenvalue weighted by Gasteiger charge is 2.16. The van der Waals surface area contributed by atoms with Gasteiger partial charge in [-0.15, -0.1) is 0 Å². The molecular weight excluding hydrogens is 268 g/mol. The highest BCUT2D eigenvalue weighted by atomic mass is 35.5. The Morgan fingerprint density at radius 1 is 1.42 bits per heavy atom. The van der Waals surface area contributed by atoms with E-state index in [4.69, 9.17) is 11.6 Å². The van der Waals surface area contributed by atoms with E-state index in [1.54, 1.807) is 39.5 Å². The normalized spacial score (nSPS) is 11.8. The first-order valence-corrected chi connectivity index (χ1v) is 6.19. The lowest BCUT2D eigenvalue weighted by Gasteiger charge is -2.16. The fourth-order valence-corrected chi connectivity index (χ4v) is 1.59. The van der Waals surface area contributed by atoms with Crippen molar-refractivity contribution in [1.29, 1.82) is 0 Å². The van der Waals surface area contributed by atoms with Crippen molar-refractivity contribution in [2.75, 3.05) is 39.5 Å². The van der Waals surface area contributed by atoms with Gasteiger partial charge in [0.15, 0.2) is 18.2 Å². The Morgan fingerprint density at radius 3 is 2.68 bits per heavy atom. The van der Waals surface area contributed by atoms with E-state index in [9.17, 15) is 9.59 Å². The third-order valence-corrected chi connectivity index (χ3v) is 2.75. The van der Waals surface area contributed by atoms with E-state index in [1.165, 1.54) is 4.90 Å². The Kier molecular flexibility index (Phi) is 5.72. The van der Waals surface area contributed by atoms with Crippen LogP contribution < -0.4 is 10.2 Å². The first-order valence-electron chi connectivity index (χ1n) is 5.82. The molecule has 0 bridgehead atoms. The molecule has 1 aromatic heterocycles. The number of carbonyl (C=O) groups excluding carboxylic acids is 2. The van der Waals surface area contributed by atoms with Crippen molar-refractivity contribution in [3.8, 4) is 0 Å². The predicted molar refractivity (Wildman–Crippen MR) is 73.2 cm³/mol. The number of nitrogens with one attached hydrogen (secondary N) is 2. The van der Waals surface area contributed by atoms with Crippen LogP contribution in [0.3, 0.4) is 0 Å². The zero-order chi connectivity index (χ0) is 14.4. The summed E-state index contributed by atoms with van der Waals surface area (Å²) in [6, 6.07) is 3.36. The summed E-state index contributed by atoms with van der Waals surface area (Å²) in [4.78, 5) is 29.4. The van der Waals surface area contributed by atoms with E-state index < -0.39 is 0 Å². The van der Waals surface area contributed by atoms with E-state index in [1.807, 2.05) is 0 Å². The monoisotopic (exact) mass is 285 g/mol. The second-order valence-corrected chi connectivity index (χ2v) is 4.85. The minimum absolute atomic E-state index is 0.0234. The topological polar surface area (TPSA) is 66.7 Å². The van der Waals surface area contributed by atoms with Crippen molar-refractivity contribution < 1.29 is 14.5 Å². The second-order valence-electron chi connectivity index (χ2n) is 4.49. The van der Waals surface area contributed by atoms with Crippen LogP contribution in [-0.2, 0) is 9.59 Å². The highest BCUT2D eigenvalue weighted by Crippen LogP contribution is 2.16. The van der Waals surface area contributed by atoms with Gasteiger partial charge in [-0.1, -0.05) is 11.6 Å². The molecule has 1 heterocycles. The average Bonchev–Trinajstić information content (AvgIpc) is 2.31. The molecule has 0 aliphatic carbocycles. The molecule has 0 aliphatic rings. The summed E-state index contributed by atoms with van der Waals surface area (Å²) in [5.41, 5.74) is 0.473. The van der Waals surface area contributed by atoms with Gasteiger partial charge in [-0.3, -0.25) is 9.59 Å². The number of anilines is 1. The second kappa shape index (κ2) is 7.06. The maximum atomic E-state index is 11.8. The number of pyridine rings is 1. The summed E-state index contributed by atoms with van der Waals surface area (Å²) < 4.78 is 0. The van der Waals surface area contributed by atoms with Crippen LogP contribution in [0.15, 0.2) is 18.3 Å². The van der Waals surface area contributed by atoms with E-state index in [0.717, 1.165) is 4.90 Å². The number of hydrogen-bond donors (Lipinski definition) is 2. The number of carbonyl (C=O) groups is 2. The number of amides is 2. The quantitative estimate of drug-likeness (QED) is 0.702. The van der Waals surface area contributed by atoms with Gasteiger partial charge >= 0.3 is 0 Å². The molecule has 0 aliphatic heterocycles. The zero-order valence-corrected chi connectivity index (χ0v) is 12.0. The third kappa shape index (κ3) is 5.23. The molecule has 1 aromatic rings. The molecule has 0 spiro atoms. The van der Waals surface area contributed by atoms with Crippen LogP contribution in [0.4, 0.5) is 5.69 Å². The minimum atomic E-state index is -0.209. The van der Waals surface area contributed by atoms with Crippen LogP contribution in [0.2, 0.25) is 5.15 Å². The first kappa shape index (κ1) is 15.4. The fraction of sp³-hybridized carbons (Fsp3) is 0.417. The van der Waals surface area contributed by atoms with Crippen molar-refractivity contribution in [3.63, 3.8) is 0 Å². The summed E-state index contributed by atoms with van der Waals surface area (Å²) >= 11 is 5.84. The van der Waals surface area contributed by atoms with Crippen LogP contribution in [-0.4, -0.2) is 55.9 Å². The Balaban J connectivity index is 2.48. The highest BCUT2D eigenvalue weighted by molar-refractivity contribution is 6.32. The number of quaternary nitrogens is 1. The number of hydrogen-bond acceptors (Lipinski definition) is 3. The Labute approximate surface area is 117 Å². The van der Waals surface area contributed by atoms with E-state index >= 15 is 0 Å². The maximum absolute atomic E-state index is 11.8. The Hall–Kier alpha value is -1.66. The van der Waals surface area contributed by atoms with Gasteiger partial charge in [0, 0.05) is 20.3 Å². The molecule has 1 rings (SSSR count). The lowest BCUT2D eigenvalue weighted by atomic mass is 10.4. The predicted octanol–water partition coefficient (Wildman–Crippen LogP) is -0.724. The Bertz CT molecular complexity index is 465. The molecule has 0 fully saturated rings. The van der Waals surface area contributed by atoms with Gasteiger partial charge < -0.3 is 15.1 Å². The van der Waals surface area contributed by atoms with Crippen LogP contribution in [0.25, 0.3) is 0 Å². The van der Waals surface area contributed by atoms with Crippen molar-refractivity contribution in [3.05, 3.63) is 23.5 Å². The fourth-order valence-electron chi connectivity index (χ4n) is 1.43. The summed E-state index contributed by atoms with van der Waals surface area (Å²) in [5, 5.41) is 2.91. The van der Waals surface area contributed by atoms with Crippen LogP contribution in [0, 0.1) is 0 Å². The van der Waals surface area contributed by atoms with Gasteiger partial charge in [0.05, 0.1) is 12.7 Å². The van der Waals surface area contributed by atoms with Gasteiger partial charge in [0.2, 0.25) is 0 Å². The molecule has 104 valence electrons. The SMILES string of the molecule is CN(C)C(=O)C[NH+](C)CC(=O)Nc1cccnc1Cl. The molecule has 7 heteroatoms. The molecule has 0 radical (unpaired) electrons. The molecule has 1 unspecified atom stereocenters. The summed E-state index contributed by atoms with van der Waals surface area (Å²) in [6.45, 7) is 0.450. The van der Waals surface area contributed by atoms with E-state index in [-0.39, 0.29) is 30.1 Å². The van der Waals surface area contributed by atoms with Gasteiger partial charge in [-0.05, 0) is 12.1 Å². The number of nitrogens with zero attached hydrogens (tertiary/aromatic N) is 2. The third-order valence-electron chi connectivity index (χ3n) is 2.45. The lowest BCUT2D eigenvalue weighted by Crippen LogP contribution is -3.11. The van der Waals surface area contributed by atoms with Crippen molar-refractivity contribution in [2.45, 2.75) is 0 Å². The summed E-state index contributed by atoms with van der Waals surface area (Å²) in [7, 11) is 5.15. The number of halogens is 1. The molecule has 6 nitrogen and oxygen atoms in total. The number of aromatic nitrogens is 1. The van der Waals surface area contributed by atoms with Crippen molar-refractivity contribution in [1.82, 2.24) is 9.88 Å². The van der Waals surface area contributed by atoms with Gasteiger partial charge in [-0.25, -0.2) is 4.98 Å². The molecule has 0 saturated carbocycles. The summed E-state index contributed by atoms with van der Waals surface area (Å²) in [6.07, 6.45) is 1.55. The lowest BCUT2D eigenvalue weighted by molar-refractivity contribution is -0.862. The molecular formula is C12H18ClN4O2+. The minimum Gasteiger partial charge on any atom is -0.344 e. The molecule has 2 N–H and O–H groups in total. The van der Waals surface area contributed by atoms with Crippen LogP contribution in [0.5, 0.6) is 0 Å². The van der Waals surface area contributed by atoms with Gasteiger partial charge in [-0.2, -0.15) is 0 Å². The smallest absolute Gasteiger partial charge is 0.279 e.